The fraction of sp³-hybridized carbons (Fsp3) is 0.688. The van der Waals surface area contributed by atoms with E-state index < -0.39 is 73.8 Å². The molecule has 4 heterocycles. The zero-order chi connectivity index (χ0) is 36.9. The summed E-state index contributed by atoms with van der Waals surface area (Å²) >= 11 is 0. The number of nitriles is 1. The molecule has 2 saturated heterocycles. The molecule has 0 aliphatic carbocycles. The third-order valence-corrected chi connectivity index (χ3v) is 10.9. The third kappa shape index (κ3) is 9.24. The molecule has 0 bridgehead atoms. The summed E-state index contributed by atoms with van der Waals surface area (Å²) in [6, 6.07) is 1.48. The minimum Gasteiger partial charge on any atom is -0.394 e. The van der Waals surface area contributed by atoms with Gasteiger partial charge < -0.3 is 28.9 Å². The molecule has 2 aliphatic rings. The van der Waals surface area contributed by atoms with Crippen molar-refractivity contribution in [2.75, 3.05) is 13.2 Å². The molecule has 50 heavy (non-hydrogen) atoms. The first-order chi connectivity index (χ1) is 23.6. The maximum atomic E-state index is 13.5. The topological polar surface area (TPSA) is 223 Å². The van der Waals surface area contributed by atoms with Crippen LogP contribution in [-0.4, -0.2) is 84.4 Å². The molecule has 2 aromatic heterocycles. The molecule has 8 atom stereocenters. The number of aromatic nitrogens is 4. The van der Waals surface area contributed by atoms with E-state index in [1.54, 1.807) is 20.8 Å². The van der Waals surface area contributed by atoms with Crippen LogP contribution in [0.4, 0.5) is 0 Å². The summed E-state index contributed by atoms with van der Waals surface area (Å²) in [5.74, 6) is -0.813. The lowest BCUT2D eigenvalue weighted by molar-refractivity contribution is -0.125. The zero-order valence-electron chi connectivity index (χ0n) is 29.5. The second kappa shape index (κ2) is 17.1. The van der Waals surface area contributed by atoms with E-state index in [1.165, 1.54) is 21.5 Å². The number of aliphatic hydroxyl groups excluding tert-OH is 1. The highest BCUT2D eigenvalue weighted by Gasteiger charge is 2.45. The molecule has 2 fully saturated rings. The van der Waals surface area contributed by atoms with Gasteiger partial charge in [0.2, 0.25) is 5.91 Å². The molecule has 1 unspecified atom stereocenters. The number of carbonyl (C=O) groups is 1. The summed E-state index contributed by atoms with van der Waals surface area (Å²) in [6.45, 7) is 12.7. The van der Waals surface area contributed by atoms with Crippen LogP contribution in [-0.2, 0) is 23.3 Å². The first kappa shape index (κ1) is 39.3. The predicted octanol–water partition coefficient (Wildman–Crippen LogP) is 1.44. The summed E-state index contributed by atoms with van der Waals surface area (Å²) in [5, 5.41) is 22.2. The van der Waals surface area contributed by atoms with Crippen LogP contribution in [0, 0.1) is 31.1 Å². The van der Waals surface area contributed by atoms with Crippen LogP contribution < -0.4 is 27.8 Å². The van der Waals surface area contributed by atoms with Crippen LogP contribution in [0.2, 0.25) is 0 Å². The summed E-state index contributed by atoms with van der Waals surface area (Å²) in [7, 11) is -1.71. The van der Waals surface area contributed by atoms with E-state index in [0.29, 0.717) is 11.1 Å². The van der Waals surface area contributed by atoms with Gasteiger partial charge in [0.05, 0.1) is 44.0 Å². The largest absolute Gasteiger partial charge is 0.394 e. The number of carbonyl (C=O) groups excluding carboxylic acids is 1. The van der Waals surface area contributed by atoms with Crippen molar-refractivity contribution in [2.45, 2.75) is 123 Å². The molecule has 276 valence electrons. The first-order valence-corrected chi connectivity index (χ1v) is 17.9. The molecule has 18 heteroatoms. The lowest BCUT2D eigenvalue weighted by atomic mass is 9.96. The van der Waals surface area contributed by atoms with Crippen LogP contribution in [0.5, 0.6) is 0 Å². The van der Waals surface area contributed by atoms with Crippen LogP contribution in [0.25, 0.3) is 0 Å². The maximum Gasteiger partial charge on any atom is 0.330 e. The van der Waals surface area contributed by atoms with Crippen molar-refractivity contribution in [1.29, 1.82) is 5.26 Å². The van der Waals surface area contributed by atoms with E-state index in [2.05, 4.69) is 26.0 Å². The van der Waals surface area contributed by atoms with Crippen molar-refractivity contribution in [2.24, 2.45) is 5.92 Å². The quantitative estimate of drug-likeness (QED) is 0.152. The molecule has 2 aromatic rings. The Kier molecular flexibility index (Phi) is 13.5. The van der Waals surface area contributed by atoms with Gasteiger partial charge in [0, 0.05) is 54.4 Å². The van der Waals surface area contributed by atoms with Gasteiger partial charge in [-0.25, -0.2) is 14.3 Å². The maximum absolute atomic E-state index is 13.5. The van der Waals surface area contributed by atoms with Gasteiger partial charge in [-0.05, 0) is 54.9 Å². The molecule has 4 N–H and O–H groups in total. The average molecular weight is 722 g/mol. The Hall–Kier alpha value is -3.49. The van der Waals surface area contributed by atoms with Crippen molar-refractivity contribution >= 4 is 14.4 Å². The SMILES string of the molecule is Cc1cn([C@H]2C[C@H](OP(OCCC#N)N(C(C)C)C(C)C)[C@@H]([C@@H](C)NC(=O)C[C@H]3C[C@H](n4cc(C)c(=O)[nH]c4=O)O[C@@H]3CO)O2)c(=O)[nH]c1=O. The summed E-state index contributed by atoms with van der Waals surface area (Å²) in [5.41, 5.74) is -1.68. The molecule has 0 radical (unpaired) electrons. The highest BCUT2D eigenvalue weighted by atomic mass is 31.2. The van der Waals surface area contributed by atoms with Crippen LogP contribution in [0.3, 0.4) is 0 Å². The van der Waals surface area contributed by atoms with Crippen LogP contribution >= 0.6 is 8.53 Å². The van der Waals surface area contributed by atoms with Crippen LogP contribution in [0.1, 0.15) is 83.9 Å². The number of hydrogen-bond acceptors (Lipinski definition) is 12. The van der Waals surface area contributed by atoms with Crippen molar-refractivity contribution in [1.82, 2.24) is 29.1 Å². The van der Waals surface area contributed by atoms with Gasteiger partial charge in [-0.2, -0.15) is 5.26 Å². The Morgan fingerprint density at radius 3 is 2.10 bits per heavy atom. The smallest absolute Gasteiger partial charge is 0.330 e. The third-order valence-electron chi connectivity index (χ3n) is 8.79. The van der Waals surface area contributed by atoms with E-state index in [4.69, 9.17) is 23.8 Å². The fourth-order valence-corrected chi connectivity index (χ4v) is 8.13. The summed E-state index contributed by atoms with van der Waals surface area (Å²) in [6.07, 6.45) is -0.419. The Bertz CT molecular complexity index is 1760. The monoisotopic (exact) mass is 721 g/mol. The fourth-order valence-electron chi connectivity index (χ4n) is 6.39. The molecule has 0 spiro atoms. The zero-order valence-corrected chi connectivity index (χ0v) is 30.3. The molecule has 1 amide bonds. The van der Waals surface area contributed by atoms with E-state index in [9.17, 15) is 29.1 Å². The minimum atomic E-state index is -1.71. The van der Waals surface area contributed by atoms with E-state index in [-0.39, 0.29) is 56.9 Å². The van der Waals surface area contributed by atoms with Gasteiger partial charge in [0.25, 0.3) is 19.6 Å². The standard InChI is InChI=1S/C32H48N7O10P/c1-17(2)39(18(3)4)50(46-10-8-9-33)49-23-13-27(38-15-20(6)30(43)36-32(38)45)48-28(23)21(7)34-25(41)11-22-12-26(47-24(22)16-40)37-14-19(5)29(42)35-31(37)44/h14-15,17-18,21-24,26-28,40H,8,10-13,16H2,1-7H3,(H,34,41)(H,35,42,44)(H,36,43,45)/t21-,22+,23+,24-,26-,27-,28-,50?/m1/s1. The lowest BCUT2D eigenvalue weighted by Crippen LogP contribution is -2.47. The number of amides is 1. The molecule has 2 aliphatic heterocycles. The second-order valence-electron chi connectivity index (χ2n) is 13.3. The van der Waals surface area contributed by atoms with Crippen molar-refractivity contribution in [3.63, 3.8) is 0 Å². The van der Waals surface area contributed by atoms with Gasteiger partial charge in [-0.3, -0.25) is 33.5 Å². The number of nitrogens with zero attached hydrogens (tertiary/aromatic N) is 4. The molecule has 4 rings (SSSR count). The van der Waals surface area contributed by atoms with Crippen molar-refractivity contribution < 1.29 is 28.4 Å². The van der Waals surface area contributed by atoms with E-state index in [0.717, 1.165) is 0 Å². The van der Waals surface area contributed by atoms with Gasteiger partial charge in [0.1, 0.15) is 18.6 Å². The Morgan fingerprint density at radius 1 is 1.02 bits per heavy atom. The van der Waals surface area contributed by atoms with Crippen molar-refractivity contribution in [3.05, 3.63) is 65.2 Å². The summed E-state index contributed by atoms with van der Waals surface area (Å²) in [4.78, 5) is 67.3. The summed E-state index contributed by atoms with van der Waals surface area (Å²) < 4.78 is 29.7. The Balaban J connectivity index is 1.55. The number of hydrogen-bond donors (Lipinski definition) is 4. The Morgan fingerprint density at radius 2 is 1.58 bits per heavy atom. The Labute approximate surface area is 290 Å². The number of nitrogens with one attached hydrogen (secondary N) is 3. The van der Waals surface area contributed by atoms with Gasteiger partial charge in [-0.1, -0.05) is 0 Å². The first-order valence-electron chi connectivity index (χ1n) is 16.7. The van der Waals surface area contributed by atoms with Gasteiger partial charge >= 0.3 is 11.4 Å². The molecule has 17 nitrogen and oxygen atoms in total. The predicted molar refractivity (Wildman–Crippen MR) is 182 cm³/mol. The van der Waals surface area contributed by atoms with Crippen molar-refractivity contribution in [3.8, 4) is 6.07 Å². The van der Waals surface area contributed by atoms with E-state index >= 15 is 0 Å². The minimum absolute atomic E-state index is 0.0224. The second-order valence-corrected chi connectivity index (χ2v) is 14.7. The number of aryl methyl sites for hydroxylation is 2. The number of aromatic amines is 2. The average Bonchev–Trinajstić information content (AvgIpc) is 3.64. The van der Waals surface area contributed by atoms with Gasteiger partial charge in [0.15, 0.2) is 0 Å². The highest BCUT2D eigenvalue weighted by molar-refractivity contribution is 7.44. The number of rotatable bonds is 15. The van der Waals surface area contributed by atoms with E-state index in [1.807, 2.05) is 27.7 Å². The number of aliphatic hydroxyl groups is 1. The normalized spacial score (nSPS) is 24.9. The van der Waals surface area contributed by atoms with Gasteiger partial charge in [-0.15, -0.1) is 0 Å². The molecular formula is C32H48N7O10P. The lowest BCUT2D eigenvalue weighted by Gasteiger charge is -2.38. The van der Waals surface area contributed by atoms with Crippen LogP contribution in [0.15, 0.2) is 31.6 Å². The molecular weight excluding hydrogens is 673 g/mol. The number of H-pyrrole nitrogens is 2. The highest BCUT2D eigenvalue weighted by Crippen LogP contribution is 2.50. The molecule has 0 aromatic carbocycles. The molecule has 0 saturated carbocycles. The number of ether oxygens (including phenoxy) is 2.